The van der Waals surface area contributed by atoms with Crippen LogP contribution < -0.4 is 5.32 Å². The molecule has 4 aromatic rings. The van der Waals surface area contributed by atoms with Crippen molar-refractivity contribution >= 4 is 28.3 Å². The number of nitrogens with zero attached hydrogens (tertiary/aromatic N) is 4. The van der Waals surface area contributed by atoms with Crippen molar-refractivity contribution in [3.8, 4) is 0 Å². The summed E-state index contributed by atoms with van der Waals surface area (Å²) in [4.78, 5) is 16.8. The van der Waals surface area contributed by atoms with Crippen molar-refractivity contribution in [1.82, 2.24) is 19.2 Å². The molecule has 0 spiro atoms. The van der Waals surface area contributed by atoms with E-state index in [1.807, 2.05) is 42.1 Å². The Morgan fingerprint density at radius 2 is 2.05 bits per heavy atom. The SMILES string of the molecule is Cn1ccc2c(C(=O)Nc3ccnc4ccnn34)cccc21. The number of fused-ring (bicyclic) bond motifs is 2. The molecule has 3 heterocycles. The van der Waals surface area contributed by atoms with Gasteiger partial charge in [-0.1, -0.05) is 6.07 Å². The number of benzene rings is 1. The van der Waals surface area contributed by atoms with Crippen LogP contribution in [0.4, 0.5) is 5.82 Å². The third kappa shape index (κ3) is 1.85. The minimum atomic E-state index is -0.167. The maximum atomic E-state index is 12.6. The van der Waals surface area contributed by atoms with Gasteiger partial charge in [-0.05, 0) is 24.3 Å². The summed E-state index contributed by atoms with van der Waals surface area (Å²) in [6, 6.07) is 11.1. The Labute approximate surface area is 126 Å². The van der Waals surface area contributed by atoms with E-state index in [0.29, 0.717) is 17.0 Å². The highest BCUT2D eigenvalue weighted by atomic mass is 16.1. The van der Waals surface area contributed by atoms with Gasteiger partial charge in [0, 0.05) is 42.0 Å². The summed E-state index contributed by atoms with van der Waals surface area (Å²) in [5.74, 6) is 0.424. The van der Waals surface area contributed by atoms with Gasteiger partial charge < -0.3 is 9.88 Å². The van der Waals surface area contributed by atoms with Gasteiger partial charge in [0.25, 0.3) is 5.91 Å². The van der Waals surface area contributed by atoms with E-state index < -0.39 is 0 Å². The maximum Gasteiger partial charge on any atom is 0.257 e. The van der Waals surface area contributed by atoms with E-state index in [0.717, 1.165) is 10.9 Å². The lowest BCUT2D eigenvalue weighted by molar-refractivity contribution is 0.102. The van der Waals surface area contributed by atoms with E-state index >= 15 is 0 Å². The first-order chi connectivity index (χ1) is 10.7. The van der Waals surface area contributed by atoms with Crippen LogP contribution in [-0.2, 0) is 7.05 Å². The quantitative estimate of drug-likeness (QED) is 0.617. The Morgan fingerprint density at radius 3 is 2.95 bits per heavy atom. The Morgan fingerprint density at radius 1 is 1.14 bits per heavy atom. The summed E-state index contributed by atoms with van der Waals surface area (Å²) in [6.45, 7) is 0. The normalized spacial score (nSPS) is 11.1. The molecule has 0 atom stereocenters. The van der Waals surface area contributed by atoms with Crippen LogP contribution in [0.3, 0.4) is 0 Å². The van der Waals surface area contributed by atoms with Crippen LogP contribution in [0.15, 0.2) is 55.0 Å². The monoisotopic (exact) mass is 291 g/mol. The molecular formula is C16H13N5O. The highest BCUT2D eigenvalue weighted by molar-refractivity contribution is 6.12. The lowest BCUT2D eigenvalue weighted by Crippen LogP contribution is -2.15. The molecule has 0 aliphatic rings. The predicted octanol–water partition coefficient (Wildman–Crippen LogP) is 2.47. The maximum absolute atomic E-state index is 12.6. The molecule has 0 saturated heterocycles. The Kier molecular flexibility index (Phi) is 2.69. The van der Waals surface area contributed by atoms with Crippen LogP contribution in [0.25, 0.3) is 16.6 Å². The zero-order chi connectivity index (χ0) is 15.1. The van der Waals surface area contributed by atoms with Crippen LogP contribution in [0.1, 0.15) is 10.4 Å². The average Bonchev–Trinajstić information content (AvgIpc) is 3.15. The van der Waals surface area contributed by atoms with Crippen molar-refractivity contribution in [2.75, 3.05) is 5.32 Å². The number of nitrogens with one attached hydrogen (secondary N) is 1. The molecular weight excluding hydrogens is 278 g/mol. The minimum absolute atomic E-state index is 0.167. The molecule has 0 fully saturated rings. The molecule has 4 rings (SSSR count). The van der Waals surface area contributed by atoms with E-state index in [4.69, 9.17) is 0 Å². The number of aromatic nitrogens is 4. The van der Waals surface area contributed by atoms with Crippen LogP contribution in [0.5, 0.6) is 0 Å². The van der Waals surface area contributed by atoms with Crippen LogP contribution in [0, 0.1) is 0 Å². The van der Waals surface area contributed by atoms with Crippen LogP contribution >= 0.6 is 0 Å². The second kappa shape index (κ2) is 4.70. The fourth-order valence-electron chi connectivity index (χ4n) is 2.61. The largest absolute Gasteiger partial charge is 0.351 e. The molecule has 0 aliphatic heterocycles. The Hall–Kier alpha value is -3.15. The number of aryl methyl sites for hydroxylation is 1. The first kappa shape index (κ1) is 12.6. The fourth-order valence-corrected chi connectivity index (χ4v) is 2.61. The van der Waals surface area contributed by atoms with Gasteiger partial charge in [0.1, 0.15) is 5.82 Å². The van der Waals surface area contributed by atoms with E-state index in [-0.39, 0.29) is 5.91 Å². The number of anilines is 1. The standard InChI is InChI=1S/C16H13N5O/c1-20-10-7-11-12(3-2-4-13(11)20)16(22)19-15-5-8-17-14-6-9-18-21(14)15/h2-10H,1H3,(H,19,22). The molecule has 1 amide bonds. The lowest BCUT2D eigenvalue weighted by Gasteiger charge is -2.08. The van der Waals surface area contributed by atoms with E-state index in [2.05, 4.69) is 15.4 Å². The van der Waals surface area contributed by atoms with Gasteiger partial charge in [0.05, 0.1) is 6.20 Å². The first-order valence-electron chi connectivity index (χ1n) is 6.88. The molecule has 6 heteroatoms. The zero-order valence-corrected chi connectivity index (χ0v) is 11.9. The molecule has 6 nitrogen and oxygen atoms in total. The summed E-state index contributed by atoms with van der Waals surface area (Å²) in [7, 11) is 1.96. The summed E-state index contributed by atoms with van der Waals surface area (Å²) >= 11 is 0. The molecule has 0 saturated carbocycles. The van der Waals surface area contributed by atoms with Gasteiger partial charge in [0.2, 0.25) is 0 Å². The summed E-state index contributed by atoms with van der Waals surface area (Å²) in [6.07, 6.45) is 5.24. The number of rotatable bonds is 2. The van der Waals surface area contributed by atoms with E-state index in [9.17, 15) is 4.79 Å². The smallest absolute Gasteiger partial charge is 0.257 e. The summed E-state index contributed by atoms with van der Waals surface area (Å²) in [5, 5.41) is 7.99. The third-order valence-corrected chi connectivity index (χ3v) is 3.70. The van der Waals surface area contributed by atoms with Crippen molar-refractivity contribution < 1.29 is 4.79 Å². The molecule has 0 unspecified atom stereocenters. The topological polar surface area (TPSA) is 64.2 Å². The van der Waals surface area contributed by atoms with E-state index in [1.54, 1.807) is 29.0 Å². The lowest BCUT2D eigenvalue weighted by atomic mass is 10.1. The molecule has 108 valence electrons. The fraction of sp³-hybridized carbons (Fsp3) is 0.0625. The number of carbonyl (C=O) groups excluding carboxylic acids is 1. The molecule has 3 aromatic heterocycles. The minimum Gasteiger partial charge on any atom is -0.351 e. The van der Waals surface area contributed by atoms with Crippen molar-refractivity contribution in [1.29, 1.82) is 0 Å². The number of carbonyl (C=O) groups is 1. The molecule has 0 bridgehead atoms. The highest BCUT2D eigenvalue weighted by Crippen LogP contribution is 2.20. The Balaban J connectivity index is 1.76. The van der Waals surface area contributed by atoms with Crippen LogP contribution in [0.2, 0.25) is 0 Å². The van der Waals surface area contributed by atoms with E-state index in [1.165, 1.54) is 0 Å². The van der Waals surface area contributed by atoms with Crippen molar-refractivity contribution in [2.24, 2.45) is 7.05 Å². The van der Waals surface area contributed by atoms with Gasteiger partial charge in [-0.2, -0.15) is 9.61 Å². The molecule has 1 aromatic carbocycles. The molecule has 0 aliphatic carbocycles. The average molecular weight is 291 g/mol. The molecule has 22 heavy (non-hydrogen) atoms. The zero-order valence-electron chi connectivity index (χ0n) is 11.9. The van der Waals surface area contributed by atoms with Gasteiger partial charge in [0.15, 0.2) is 5.65 Å². The third-order valence-electron chi connectivity index (χ3n) is 3.70. The first-order valence-corrected chi connectivity index (χ1v) is 6.88. The number of hydrogen-bond acceptors (Lipinski definition) is 3. The summed E-state index contributed by atoms with van der Waals surface area (Å²) < 4.78 is 3.59. The predicted molar refractivity (Wildman–Crippen MR) is 83.9 cm³/mol. The van der Waals surface area contributed by atoms with Crippen molar-refractivity contribution in [2.45, 2.75) is 0 Å². The van der Waals surface area contributed by atoms with Crippen molar-refractivity contribution in [3.05, 3.63) is 60.6 Å². The highest BCUT2D eigenvalue weighted by Gasteiger charge is 2.13. The van der Waals surface area contributed by atoms with Gasteiger partial charge in [-0.25, -0.2) is 4.98 Å². The van der Waals surface area contributed by atoms with Crippen molar-refractivity contribution in [3.63, 3.8) is 0 Å². The van der Waals surface area contributed by atoms with Gasteiger partial charge >= 0.3 is 0 Å². The van der Waals surface area contributed by atoms with Crippen LogP contribution in [-0.4, -0.2) is 25.1 Å². The van der Waals surface area contributed by atoms with Gasteiger partial charge in [-0.3, -0.25) is 4.79 Å². The number of hydrogen-bond donors (Lipinski definition) is 1. The second-order valence-electron chi connectivity index (χ2n) is 5.05. The molecule has 1 N–H and O–H groups in total. The molecule has 0 radical (unpaired) electrons. The van der Waals surface area contributed by atoms with Gasteiger partial charge in [-0.15, -0.1) is 0 Å². The second-order valence-corrected chi connectivity index (χ2v) is 5.05. The number of amides is 1. The summed E-state index contributed by atoms with van der Waals surface area (Å²) in [5.41, 5.74) is 2.34. The Bertz CT molecular complexity index is 998.